The van der Waals surface area contributed by atoms with Gasteiger partial charge in [0, 0.05) is 24.7 Å². The molecule has 0 heterocycles. The van der Waals surface area contributed by atoms with Crippen molar-refractivity contribution in [2.75, 3.05) is 21.2 Å². The SMILES string of the molecule is COc1cc(/C=C(/C#N)C(=O)N(C)C)ccc1OCc1ccccc1Cl. The summed E-state index contributed by atoms with van der Waals surface area (Å²) in [6.07, 6.45) is 1.52. The van der Waals surface area contributed by atoms with E-state index in [1.807, 2.05) is 24.3 Å². The molecule has 0 spiro atoms. The van der Waals surface area contributed by atoms with Gasteiger partial charge in [0.1, 0.15) is 18.2 Å². The summed E-state index contributed by atoms with van der Waals surface area (Å²) in [5, 5.41) is 9.82. The van der Waals surface area contributed by atoms with Crippen LogP contribution in [0.25, 0.3) is 6.08 Å². The van der Waals surface area contributed by atoms with E-state index in [-0.39, 0.29) is 11.5 Å². The third-order valence-electron chi connectivity index (χ3n) is 3.60. The van der Waals surface area contributed by atoms with Crippen LogP contribution in [-0.4, -0.2) is 32.0 Å². The smallest absolute Gasteiger partial charge is 0.264 e. The molecule has 0 radical (unpaired) electrons. The number of nitriles is 1. The molecular formula is C20H19ClN2O3. The van der Waals surface area contributed by atoms with E-state index in [9.17, 15) is 10.1 Å². The molecule has 0 saturated carbocycles. The number of carbonyl (C=O) groups excluding carboxylic acids is 1. The summed E-state index contributed by atoms with van der Waals surface area (Å²) in [4.78, 5) is 13.3. The van der Waals surface area contributed by atoms with Crippen LogP contribution in [0.4, 0.5) is 0 Å². The lowest BCUT2D eigenvalue weighted by atomic mass is 10.1. The van der Waals surface area contributed by atoms with Gasteiger partial charge in [-0.25, -0.2) is 0 Å². The Morgan fingerprint density at radius 2 is 1.96 bits per heavy atom. The number of hydrogen-bond donors (Lipinski definition) is 0. The highest BCUT2D eigenvalue weighted by Gasteiger charge is 2.12. The first-order valence-electron chi connectivity index (χ1n) is 7.84. The van der Waals surface area contributed by atoms with Gasteiger partial charge in [-0.15, -0.1) is 0 Å². The highest BCUT2D eigenvalue weighted by atomic mass is 35.5. The molecule has 0 aliphatic carbocycles. The number of ether oxygens (including phenoxy) is 2. The van der Waals surface area contributed by atoms with Gasteiger partial charge in [-0.2, -0.15) is 5.26 Å². The normalized spacial score (nSPS) is 10.8. The van der Waals surface area contributed by atoms with Gasteiger partial charge >= 0.3 is 0 Å². The molecular weight excluding hydrogens is 352 g/mol. The highest BCUT2D eigenvalue weighted by molar-refractivity contribution is 6.31. The van der Waals surface area contributed by atoms with E-state index in [1.54, 1.807) is 38.4 Å². The number of likely N-dealkylation sites (N-methyl/N-ethyl adjacent to an activating group) is 1. The minimum absolute atomic E-state index is 0.0433. The minimum Gasteiger partial charge on any atom is -0.493 e. The topological polar surface area (TPSA) is 62.6 Å². The molecule has 0 aliphatic rings. The van der Waals surface area contributed by atoms with E-state index in [1.165, 1.54) is 18.1 Å². The largest absolute Gasteiger partial charge is 0.493 e. The van der Waals surface area contributed by atoms with Crippen LogP contribution < -0.4 is 9.47 Å². The van der Waals surface area contributed by atoms with E-state index >= 15 is 0 Å². The van der Waals surface area contributed by atoms with Crippen molar-refractivity contribution in [2.45, 2.75) is 6.61 Å². The van der Waals surface area contributed by atoms with Crippen molar-refractivity contribution in [3.8, 4) is 17.6 Å². The van der Waals surface area contributed by atoms with Crippen LogP contribution in [0, 0.1) is 11.3 Å². The maximum absolute atomic E-state index is 12.0. The lowest BCUT2D eigenvalue weighted by molar-refractivity contribution is -0.124. The fraction of sp³-hybridized carbons (Fsp3) is 0.200. The molecule has 0 aliphatic heterocycles. The van der Waals surface area contributed by atoms with Crippen LogP contribution in [0.2, 0.25) is 5.02 Å². The van der Waals surface area contributed by atoms with Crippen molar-refractivity contribution < 1.29 is 14.3 Å². The fourth-order valence-electron chi connectivity index (χ4n) is 2.21. The van der Waals surface area contributed by atoms with Gasteiger partial charge in [0.25, 0.3) is 5.91 Å². The lowest BCUT2D eigenvalue weighted by Gasteiger charge is -2.12. The first-order valence-corrected chi connectivity index (χ1v) is 8.21. The second kappa shape index (κ2) is 8.93. The van der Waals surface area contributed by atoms with Crippen molar-refractivity contribution in [2.24, 2.45) is 0 Å². The standard InChI is InChI=1S/C20H19ClN2O3/c1-23(2)20(24)16(12-22)10-14-8-9-18(19(11-14)25-3)26-13-15-6-4-5-7-17(15)21/h4-11H,13H2,1-3H3/b16-10-. The Morgan fingerprint density at radius 1 is 1.23 bits per heavy atom. The summed E-state index contributed by atoms with van der Waals surface area (Å²) in [5.74, 6) is 0.688. The van der Waals surface area contributed by atoms with Crippen LogP contribution in [0.5, 0.6) is 11.5 Å². The highest BCUT2D eigenvalue weighted by Crippen LogP contribution is 2.30. The molecule has 2 rings (SSSR count). The first kappa shape index (κ1) is 19.4. The molecule has 0 bridgehead atoms. The third kappa shape index (κ3) is 4.78. The molecule has 0 saturated heterocycles. The van der Waals surface area contributed by atoms with Crippen molar-refractivity contribution in [1.29, 1.82) is 5.26 Å². The average Bonchev–Trinajstić information content (AvgIpc) is 2.65. The van der Waals surface area contributed by atoms with Crippen molar-refractivity contribution in [3.63, 3.8) is 0 Å². The average molecular weight is 371 g/mol. The molecule has 0 atom stereocenters. The fourth-order valence-corrected chi connectivity index (χ4v) is 2.40. The zero-order valence-electron chi connectivity index (χ0n) is 14.8. The van der Waals surface area contributed by atoms with Crippen LogP contribution >= 0.6 is 11.6 Å². The Kier molecular flexibility index (Phi) is 6.65. The maximum Gasteiger partial charge on any atom is 0.264 e. The second-order valence-corrected chi connectivity index (χ2v) is 6.07. The van der Waals surface area contributed by atoms with Gasteiger partial charge < -0.3 is 14.4 Å². The molecule has 0 aromatic heterocycles. The van der Waals surface area contributed by atoms with Crippen molar-refractivity contribution in [3.05, 3.63) is 64.2 Å². The summed E-state index contributed by atoms with van der Waals surface area (Å²) < 4.78 is 11.2. The van der Waals surface area contributed by atoms with Crippen molar-refractivity contribution >= 4 is 23.6 Å². The predicted molar refractivity (Wildman–Crippen MR) is 101 cm³/mol. The maximum atomic E-state index is 12.0. The molecule has 0 N–H and O–H groups in total. The molecule has 1 amide bonds. The molecule has 134 valence electrons. The summed E-state index contributed by atoms with van der Waals surface area (Å²) in [6, 6.07) is 14.6. The molecule has 26 heavy (non-hydrogen) atoms. The van der Waals surface area contributed by atoms with Crippen LogP contribution in [0.3, 0.4) is 0 Å². The number of carbonyl (C=O) groups is 1. The van der Waals surface area contributed by atoms with Crippen molar-refractivity contribution in [1.82, 2.24) is 4.90 Å². The molecule has 2 aromatic rings. The number of amides is 1. The molecule has 0 unspecified atom stereocenters. The Bertz CT molecular complexity index is 870. The Morgan fingerprint density at radius 3 is 2.58 bits per heavy atom. The first-order chi connectivity index (χ1) is 12.5. The van der Waals surface area contributed by atoms with Crippen LogP contribution in [-0.2, 0) is 11.4 Å². The van der Waals surface area contributed by atoms with E-state index in [2.05, 4.69) is 0 Å². The van der Waals surface area contributed by atoms with E-state index < -0.39 is 0 Å². The summed E-state index contributed by atoms with van der Waals surface area (Å²) >= 11 is 6.13. The number of rotatable bonds is 6. The summed E-state index contributed by atoms with van der Waals surface area (Å²) in [7, 11) is 4.72. The number of benzene rings is 2. The van der Waals surface area contributed by atoms with Gasteiger partial charge in [-0.05, 0) is 29.8 Å². The zero-order chi connectivity index (χ0) is 19.1. The third-order valence-corrected chi connectivity index (χ3v) is 3.97. The summed E-state index contributed by atoms with van der Waals surface area (Å²) in [5.41, 5.74) is 1.57. The van der Waals surface area contributed by atoms with Gasteiger partial charge in [-0.1, -0.05) is 35.9 Å². The minimum atomic E-state index is -0.356. The lowest BCUT2D eigenvalue weighted by Crippen LogP contribution is -2.22. The van der Waals surface area contributed by atoms with Gasteiger partial charge in [0.15, 0.2) is 11.5 Å². The van der Waals surface area contributed by atoms with E-state index in [0.29, 0.717) is 28.7 Å². The number of nitrogens with zero attached hydrogens (tertiary/aromatic N) is 2. The Labute approximate surface area is 158 Å². The van der Waals surface area contributed by atoms with Crippen LogP contribution in [0.15, 0.2) is 48.0 Å². The summed E-state index contributed by atoms with van der Waals surface area (Å²) in [6.45, 7) is 0.299. The number of methoxy groups -OCH3 is 1. The van der Waals surface area contributed by atoms with Gasteiger partial charge in [-0.3, -0.25) is 4.79 Å². The number of halogens is 1. The van der Waals surface area contributed by atoms with Crippen LogP contribution in [0.1, 0.15) is 11.1 Å². The van der Waals surface area contributed by atoms with Gasteiger partial charge in [0.2, 0.25) is 0 Å². The van der Waals surface area contributed by atoms with E-state index in [4.69, 9.17) is 21.1 Å². The molecule has 0 fully saturated rings. The molecule has 6 heteroatoms. The Balaban J connectivity index is 2.23. The van der Waals surface area contributed by atoms with Gasteiger partial charge in [0.05, 0.1) is 7.11 Å². The van der Waals surface area contributed by atoms with E-state index in [0.717, 1.165) is 5.56 Å². The number of hydrogen-bond acceptors (Lipinski definition) is 4. The second-order valence-electron chi connectivity index (χ2n) is 5.66. The molecule has 5 nitrogen and oxygen atoms in total. The zero-order valence-corrected chi connectivity index (χ0v) is 15.6. The quantitative estimate of drug-likeness (QED) is 0.571. The monoisotopic (exact) mass is 370 g/mol. The molecule has 2 aromatic carbocycles. The predicted octanol–water partition coefficient (Wildman–Crippen LogP) is 3.92. The Hall–Kier alpha value is -2.97.